The minimum Gasteiger partial charge on any atom is -0.386 e. The van der Waals surface area contributed by atoms with Gasteiger partial charge in [-0.3, -0.25) is 9.11 Å². The minimum atomic E-state index is -4.63. The Balaban J connectivity index is 2.59. The zero-order valence-electron chi connectivity index (χ0n) is 14.0. The van der Waals surface area contributed by atoms with Gasteiger partial charge in [-0.05, 0) is 35.4 Å². The molecule has 0 aliphatic carbocycles. The van der Waals surface area contributed by atoms with Crippen LogP contribution in [-0.4, -0.2) is 37.7 Å². The molecule has 2 rings (SSSR count). The summed E-state index contributed by atoms with van der Waals surface area (Å²) in [6.07, 6.45) is 2.50. The smallest absolute Gasteiger partial charge is 0.295 e. The van der Waals surface area contributed by atoms with Crippen LogP contribution in [0.3, 0.4) is 0 Å². The highest BCUT2D eigenvalue weighted by Gasteiger charge is 2.17. The number of aliphatic imine (C=N–C) groups is 1. The molecule has 2 aromatic carbocycles. The van der Waals surface area contributed by atoms with E-state index in [0.29, 0.717) is 0 Å². The highest BCUT2D eigenvalue weighted by atomic mass is 35.5. The number of amidine groups is 1. The molecule has 4 N–H and O–H groups in total. The van der Waals surface area contributed by atoms with E-state index in [4.69, 9.17) is 28.9 Å². The monoisotopic (exact) mass is 464 g/mol. The van der Waals surface area contributed by atoms with Gasteiger partial charge in [0.1, 0.15) is 15.6 Å². The van der Waals surface area contributed by atoms with Crippen molar-refractivity contribution in [2.24, 2.45) is 10.7 Å². The van der Waals surface area contributed by atoms with Crippen LogP contribution in [0.25, 0.3) is 12.2 Å². The number of halogens is 2. The predicted molar refractivity (Wildman–Crippen MR) is 108 cm³/mol. The van der Waals surface area contributed by atoms with E-state index in [1.165, 1.54) is 36.4 Å². The summed E-state index contributed by atoms with van der Waals surface area (Å²) in [5, 5.41) is 0.0856. The molecular formula is C16H14Cl2N2O6S2. The van der Waals surface area contributed by atoms with E-state index >= 15 is 0 Å². The molecule has 0 bridgehead atoms. The highest BCUT2D eigenvalue weighted by molar-refractivity contribution is 7.86. The molecule has 28 heavy (non-hydrogen) atoms. The van der Waals surface area contributed by atoms with Crippen LogP contribution in [0.2, 0.25) is 5.02 Å². The lowest BCUT2D eigenvalue weighted by Crippen LogP contribution is -2.12. The molecular weight excluding hydrogens is 451 g/mol. The van der Waals surface area contributed by atoms with Gasteiger partial charge in [-0.25, -0.2) is 4.99 Å². The minimum absolute atomic E-state index is 0.0436. The maximum Gasteiger partial charge on any atom is 0.295 e. The maximum absolute atomic E-state index is 11.7. The summed E-state index contributed by atoms with van der Waals surface area (Å²) in [6.45, 7) is 0. The van der Waals surface area contributed by atoms with Crippen LogP contribution in [0.4, 0.5) is 5.69 Å². The van der Waals surface area contributed by atoms with Crippen molar-refractivity contribution in [3.8, 4) is 0 Å². The fourth-order valence-electron chi connectivity index (χ4n) is 2.20. The van der Waals surface area contributed by atoms with E-state index in [-0.39, 0.29) is 33.6 Å². The molecule has 0 amide bonds. The Kier molecular flexibility index (Phi) is 6.86. The molecule has 0 unspecified atom stereocenters. The molecule has 0 heterocycles. The summed E-state index contributed by atoms with van der Waals surface area (Å²) in [5.41, 5.74) is 5.75. The van der Waals surface area contributed by atoms with E-state index in [1.807, 2.05) is 0 Å². The number of rotatable bonds is 6. The lowest BCUT2D eigenvalue weighted by Gasteiger charge is -2.06. The molecule has 8 nitrogen and oxygen atoms in total. The largest absolute Gasteiger partial charge is 0.386 e. The van der Waals surface area contributed by atoms with Gasteiger partial charge in [0.05, 0.1) is 11.6 Å². The van der Waals surface area contributed by atoms with Gasteiger partial charge in [-0.15, -0.1) is 11.6 Å². The predicted octanol–water partition coefficient (Wildman–Crippen LogP) is 3.23. The molecule has 0 fully saturated rings. The van der Waals surface area contributed by atoms with Crippen molar-refractivity contribution in [1.29, 1.82) is 0 Å². The third-order valence-corrected chi connectivity index (χ3v) is 5.71. The van der Waals surface area contributed by atoms with Crippen molar-refractivity contribution in [1.82, 2.24) is 0 Å². The fourth-order valence-corrected chi connectivity index (χ4v) is 3.91. The maximum atomic E-state index is 11.7. The molecule has 0 atom stereocenters. The number of alkyl halides is 1. The highest BCUT2D eigenvalue weighted by Crippen LogP contribution is 2.27. The van der Waals surface area contributed by atoms with Gasteiger partial charge in [0.25, 0.3) is 20.2 Å². The zero-order valence-corrected chi connectivity index (χ0v) is 17.1. The van der Waals surface area contributed by atoms with Crippen LogP contribution in [0, 0.1) is 0 Å². The van der Waals surface area contributed by atoms with E-state index in [0.717, 1.165) is 12.1 Å². The van der Waals surface area contributed by atoms with Crippen molar-refractivity contribution in [3.05, 3.63) is 52.5 Å². The van der Waals surface area contributed by atoms with Gasteiger partial charge in [-0.1, -0.05) is 35.9 Å². The number of hydrogen-bond donors (Lipinski definition) is 3. The average molecular weight is 465 g/mol. The van der Waals surface area contributed by atoms with Crippen LogP contribution in [-0.2, 0) is 20.2 Å². The second kappa shape index (κ2) is 8.60. The molecule has 0 spiro atoms. The Morgan fingerprint density at radius 3 is 1.96 bits per heavy atom. The number of nitrogens with zero attached hydrogens (tertiary/aromatic N) is 1. The van der Waals surface area contributed by atoms with Crippen LogP contribution in [0.15, 0.2) is 51.2 Å². The first-order valence-electron chi connectivity index (χ1n) is 7.37. The third kappa shape index (κ3) is 5.77. The molecule has 150 valence electrons. The summed E-state index contributed by atoms with van der Waals surface area (Å²) in [5.74, 6) is -0.0251. The van der Waals surface area contributed by atoms with Crippen LogP contribution < -0.4 is 5.73 Å². The molecule has 2 aromatic rings. The topological polar surface area (TPSA) is 147 Å². The van der Waals surface area contributed by atoms with Gasteiger partial charge in [0.15, 0.2) is 0 Å². The molecule has 0 saturated heterocycles. The van der Waals surface area contributed by atoms with Crippen molar-refractivity contribution < 1.29 is 25.9 Å². The van der Waals surface area contributed by atoms with Gasteiger partial charge in [0.2, 0.25) is 0 Å². The Labute approximate surface area is 171 Å². The molecule has 12 heteroatoms. The standard InChI is InChI=1S/C16H14Cl2N2O6S2/c17-9-16(19)20-13-6-4-11(15(8-13)28(24,25)26)2-1-10-3-5-12(18)7-14(10)27(21,22)23/h1-8H,9H2,(H2,19,20)(H,21,22,23)(H,24,25,26). The molecule has 0 saturated carbocycles. The van der Waals surface area contributed by atoms with E-state index in [9.17, 15) is 25.9 Å². The van der Waals surface area contributed by atoms with Crippen LogP contribution >= 0.6 is 23.2 Å². The summed E-state index contributed by atoms with van der Waals surface area (Å²) in [4.78, 5) is 2.97. The second-order valence-electron chi connectivity index (χ2n) is 5.42. The SMILES string of the molecule is NC(CCl)=Nc1ccc(C=Cc2ccc(Cl)cc2S(=O)(=O)O)c(S(=O)(=O)O)c1. The summed E-state index contributed by atoms with van der Waals surface area (Å²) >= 11 is 11.3. The van der Waals surface area contributed by atoms with Gasteiger partial charge in [0, 0.05) is 5.02 Å². The lowest BCUT2D eigenvalue weighted by atomic mass is 10.1. The third-order valence-electron chi connectivity index (χ3n) is 3.38. The zero-order chi connectivity index (χ0) is 21.1. The van der Waals surface area contributed by atoms with Crippen LogP contribution in [0.5, 0.6) is 0 Å². The van der Waals surface area contributed by atoms with Crippen LogP contribution in [0.1, 0.15) is 11.1 Å². The Morgan fingerprint density at radius 2 is 1.46 bits per heavy atom. The first-order valence-corrected chi connectivity index (χ1v) is 11.2. The average Bonchev–Trinajstić information content (AvgIpc) is 2.59. The fraction of sp³-hybridized carbons (Fsp3) is 0.0625. The first-order chi connectivity index (χ1) is 12.9. The molecule has 0 aliphatic rings. The molecule has 0 radical (unpaired) electrons. The Bertz CT molecular complexity index is 1180. The van der Waals surface area contributed by atoms with E-state index in [1.54, 1.807) is 0 Å². The normalized spacial score (nSPS) is 13.2. The number of hydrogen-bond acceptors (Lipinski definition) is 5. The summed E-state index contributed by atoms with van der Waals surface area (Å²) in [7, 11) is -9.20. The second-order valence-corrected chi connectivity index (χ2v) is 8.91. The van der Waals surface area contributed by atoms with Gasteiger partial charge < -0.3 is 5.73 Å². The van der Waals surface area contributed by atoms with E-state index in [2.05, 4.69) is 4.99 Å². The van der Waals surface area contributed by atoms with E-state index < -0.39 is 30.0 Å². The van der Waals surface area contributed by atoms with Gasteiger partial charge in [-0.2, -0.15) is 16.8 Å². The Hall–Kier alpha value is -1.95. The first kappa shape index (κ1) is 22.3. The summed E-state index contributed by atoms with van der Waals surface area (Å²) in [6, 6.07) is 7.62. The number of benzene rings is 2. The van der Waals surface area contributed by atoms with Gasteiger partial charge >= 0.3 is 0 Å². The Morgan fingerprint density at radius 1 is 0.964 bits per heavy atom. The summed E-state index contributed by atoms with van der Waals surface area (Å²) < 4.78 is 65.2. The van der Waals surface area contributed by atoms with Crippen molar-refractivity contribution in [3.63, 3.8) is 0 Å². The number of nitrogens with two attached hydrogens (primary N) is 1. The van der Waals surface area contributed by atoms with Crippen molar-refractivity contribution in [2.75, 3.05) is 5.88 Å². The van der Waals surface area contributed by atoms with Crippen molar-refractivity contribution >= 4 is 67.1 Å². The van der Waals surface area contributed by atoms with Crippen molar-refractivity contribution in [2.45, 2.75) is 9.79 Å². The lowest BCUT2D eigenvalue weighted by molar-refractivity contribution is 0.480. The molecule has 0 aromatic heterocycles. The molecule has 0 aliphatic heterocycles. The quantitative estimate of drug-likeness (QED) is 0.195.